The van der Waals surface area contributed by atoms with E-state index < -0.39 is 0 Å². The van der Waals surface area contributed by atoms with E-state index in [0.717, 1.165) is 42.5 Å². The van der Waals surface area contributed by atoms with Crippen molar-refractivity contribution in [3.8, 4) is 17.2 Å². The molecule has 2 heterocycles. The molecule has 0 radical (unpaired) electrons. The maximum Gasteiger partial charge on any atom is 0.161 e. The molecule has 1 unspecified atom stereocenters. The minimum atomic E-state index is 0.378. The highest BCUT2D eigenvalue weighted by Gasteiger charge is 2.14. The van der Waals surface area contributed by atoms with Gasteiger partial charge in [-0.25, -0.2) is 0 Å². The van der Waals surface area contributed by atoms with E-state index in [1.165, 1.54) is 18.4 Å². The molecule has 26 heavy (non-hydrogen) atoms. The summed E-state index contributed by atoms with van der Waals surface area (Å²) in [5.41, 5.74) is 2.31. The molecule has 0 aromatic heterocycles. The van der Waals surface area contributed by atoms with Crippen LogP contribution in [-0.2, 0) is 17.9 Å². The van der Waals surface area contributed by atoms with Crippen LogP contribution in [0.4, 0.5) is 0 Å². The largest absolute Gasteiger partial charge is 0.489 e. The van der Waals surface area contributed by atoms with Crippen LogP contribution in [0.5, 0.6) is 17.2 Å². The van der Waals surface area contributed by atoms with Crippen LogP contribution in [0.3, 0.4) is 0 Å². The molecular formula is C21H25NO4. The van der Waals surface area contributed by atoms with Gasteiger partial charge in [-0.3, -0.25) is 0 Å². The van der Waals surface area contributed by atoms with Crippen LogP contribution in [0.15, 0.2) is 42.5 Å². The van der Waals surface area contributed by atoms with Crippen molar-refractivity contribution in [1.82, 2.24) is 5.32 Å². The molecule has 0 saturated carbocycles. The molecule has 1 saturated heterocycles. The second-order valence-electron chi connectivity index (χ2n) is 6.68. The van der Waals surface area contributed by atoms with Crippen LogP contribution in [0.2, 0.25) is 0 Å². The second-order valence-corrected chi connectivity index (χ2v) is 6.68. The van der Waals surface area contributed by atoms with Gasteiger partial charge in [0.2, 0.25) is 0 Å². The molecule has 1 atom stereocenters. The highest BCUT2D eigenvalue weighted by Crippen LogP contribution is 2.31. The predicted octanol–water partition coefficient (Wildman–Crippen LogP) is 3.31. The standard InChI is InChI=1S/C21H25NO4/c1-2-19(23-9-1)14-22-13-16-3-6-18(7-4-16)26-15-17-5-8-20-21(12-17)25-11-10-24-20/h3-8,12,19,22H,1-2,9-11,13-15H2. The molecule has 2 aliphatic heterocycles. The lowest BCUT2D eigenvalue weighted by atomic mass is 10.2. The molecule has 0 bridgehead atoms. The average Bonchev–Trinajstić information content (AvgIpc) is 3.21. The first kappa shape index (κ1) is 17.2. The van der Waals surface area contributed by atoms with Crippen molar-refractivity contribution in [2.75, 3.05) is 26.4 Å². The highest BCUT2D eigenvalue weighted by atomic mass is 16.6. The minimum Gasteiger partial charge on any atom is -0.489 e. The van der Waals surface area contributed by atoms with Crippen LogP contribution >= 0.6 is 0 Å². The molecule has 4 rings (SSSR count). The Morgan fingerprint density at radius 3 is 2.54 bits per heavy atom. The van der Waals surface area contributed by atoms with Crippen molar-refractivity contribution in [2.24, 2.45) is 0 Å². The molecule has 0 spiro atoms. The van der Waals surface area contributed by atoms with Crippen molar-refractivity contribution in [1.29, 1.82) is 0 Å². The third kappa shape index (κ3) is 4.48. The fourth-order valence-electron chi connectivity index (χ4n) is 3.23. The first-order valence-electron chi connectivity index (χ1n) is 9.29. The monoisotopic (exact) mass is 355 g/mol. The van der Waals surface area contributed by atoms with Gasteiger partial charge in [0.05, 0.1) is 6.10 Å². The smallest absolute Gasteiger partial charge is 0.161 e. The lowest BCUT2D eigenvalue weighted by molar-refractivity contribution is 0.110. The Morgan fingerprint density at radius 1 is 0.923 bits per heavy atom. The summed E-state index contributed by atoms with van der Waals surface area (Å²) in [7, 11) is 0. The first-order valence-corrected chi connectivity index (χ1v) is 9.29. The van der Waals surface area contributed by atoms with E-state index in [4.69, 9.17) is 18.9 Å². The number of nitrogens with one attached hydrogen (secondary N) is 1. The zero-order chi connectivity index (χ0) is 17.6. The molecule has 1 N–H and O–H groups in total. The van der Waals surface area contributed by atoms with Crippen molar-refractivity contribution >= 4 is 0 Å². The molecular weight excluding hydrogens is 330 g/mol. The SMILES string of the molecule is c1cc(OCc2ccc3c(c2)OCCO3)ccc1CNCC1CCCO1. The summed E-state index contributed by atoms with van der Waals surface area (Å²) in [6, 6.07) is 14.2. The maximum absolute atomic E-state index is 5.89. The predicted molar refractivity (Wildman–Crippen MR) is 98.9 cm³/mol. The van der Waals surface area contributed by atoms with E-state index in [2.05, 4.69) is 17.4 Å². The van der Waals surface area contributed by atoms with Gasteiger partial charge in [0.15, 0.2) is 11.5 Å². The molecule has 0 amide bonds. The molecule has 0 aliphatic carbocycles. The number of ether oxygens (including phenoxy) is 4. The molecule has 2 aromatic rings. The number of benzene rings is 2. The summed E-state index contributed by atoms with van der Waals surface area (Å²) in [6.45, 7) is 4.39. The molecule has 1 fully saturated rings. The van der Waals surface area contributed by atoms with Gasteiger partial charge in [-0.05, 0) is 48.2 Å². The van der Waals surface area contributed by atoms with E-state index >= 15 is 0 Å². The normalized spacial score (nSPS) is 18.7. The average molecular weight is 355 g/mol. The van der Waals surface area contributed by atoms with E-state index in [1.54, 1.807) is 0 Å². The molecule has 2 aliphatic rings. The number of rotatable bonds is 7. The summed E-state index contributed by atoms with van der Waals surface area (Å²) in [6.07, 6.45) is 2.73. The Labute approximate surface area is 154 Å². The summed E-state index contributed by atoms with van der Waals surface area (Å²) in [5, 5.41) is 3.46. The highest BCUT2D eigenvalue weighted by molar-refractivity contribution is 5.43. The lowest BCUT2D eigenvalue weighted by Crippen LogP contribution is -2.25. The Morgan fingerprint density at radius 2 is 1.73 bits per heavy atom. The van der Waals surface area contributed by atoms with Gasteiger partial charge in [0, 0.05) is 19.7 Å². The Balaban J connectivity index is 1.24. The number of hydrogen-bond donors (Lipinski definition) is 1. The minimum absolute atomic E-state index is 0.378. The third-order valence-corrected chi connectivity index (χ3v) is 4.66. The zero-order valence-electron chi connectivity index (χ0n) is 14.9. The Bertz CT molecular complexity index is 710. The third-order valence-electron chi connectivity index (χ3n) is 4.66. The summed E-state index contributed by atoms with van der Waals surface area (Å²) < 4.78 is 22.7. The first-order chi connectivity index (χ1) is 12.9. The molecule has 2 aromatic carbocycles. The quantitative estimate of drug-likeness (QED) is 0.826. The fourth-order valence-corrected chi connectivity index (χ4v) is 3.23. The van der Waals surface area contributed by atoms with Crippen LogP contribution < -0.4 is 19.5 Å². The van der Waals surface area contributed by atoms with E-state index in [0.29, 0.717) is 25.9 Å². The van der Waals surface area contributed by atoms with E-state index in [1.807, 2.05) is 30.3 Å². The van der Waals surface area contributed by atoms with Gasteiger partial charge in [-0.1, -0.05) is 18.2 Å². The van der Waals surface area contributed by atoms with Crippen molar-refractivity contribution < 1.29 is 18.9 Å². The zero-order valence-corrected chi connectivity index (χ0v) is 14.9. The van der Waals surface area contributed by atoms with E-state index in [9.17, 15) is 0 Å². The second kappa shape index (κ2) is 8.43. The number of fused-ring (bicyclic) bond motifs is 1. The number of hydrogen-bond acceptors (Lipinski definition) is 5. The summed E-state index contributed by atoms with van der Waals surface area (Å²) >= 11 is 0. The maximum atomic E-state index is 5.89. The lowest BCUT2D eigenvalue weighted by Gasteiger charge is -2.19. The van der Waals surface area contributed by atoms with Crippen molar-refractivity contribution in [3.05, 3.63) is 53.6 Å². The van der Waals surface area contributed by atoms with Gasteiger partial charge < -0.3 is 24.3 Å². The Kier molecular flexibility index (Phi) is 5.57. The summed E-state index contributed by atoms with van der Waals surface area (Å²) in [4.78, 5) is 0. The fraction of sp³-hybridized carbons (Fsp3) is 0.429. The van der Waals surface area contributed by atoms with Gasteiger partial charge in [-0.2, -0.15) is 0 Å². The van der Waals surface area contributed by atoms with Crippen LogP contribution in [0.25, 0.3) is 0 Å². The Hall–Kier alpha value is -2.24. The van der Waals surface area contributed by atoms with Crippen LogP contribution in [0, 0.1) is 0 Å². The van der Waals surface area contributed by atoms with Crippen molar-refractivity contribution in [3.63, 3.8) is 0 Å². The van der Waals surface area contributed by atoms with Crippen LogP contribution in [-0.4, -0.2) is 32.5 Å². The van der Waals surface area contributed by atoms with Gasteiger partial charge in [0.1, 0.15) is 25.6 Å². The topological polar surface area (TPSA) is 49.0 Å². The van der Waals surface area contributed by atoms with Gasteiger partial charge in [-0.15, -0.1) is 0 Å². The molecule has 138 valence electrons. The molecule has 5 heteroatoms. The van der Waals surface area contributed by atoms with Crippen molar-refractivity contribution in [2.45, 2.75) is 32.1 Å². The van der Waals surface area contributed by atoms with Crippen LogP contribution in [0.1, 0.15) is 24.0 Å². The summed E-state index contributed by atoms with van der Waals surface area (Å²) in [5.74, 6) is 2.47. The van der Waals surface area contributed by atoms with Gasteiger partial charge >= 0.3 is 0 Å². The molecule has 5 nitrogen and oxygen atoms in total. The van der Waals surface area contributed by atoms with Gasteiger partial charge in [0.25, 0.3) is 0 Å². The van der Waals surface area contributed by atoms with E-state index in [-0.39, 0.29) is 0 Å².